The molecule has 2 fully saturated rings. The number of hydrogen-bond acceptors (Lipinski definition) is 4. The number of amides is 1. The molecule has 1 amide bonds. The maximum absolute atomic E-state index is 11.5. The number of carbonyl (C=O) groups is 2. The molecule has 2 rings (SSSR count). The van der Waals surface area contributed by atoms with Gasteiger partial charge in [0.25, 0.3) is 0 Å². The van der Waals surface area contributed by atoms with E-state index in [2.05, 4.69) is 5.32 Å². The average Bonchev–Trinajstić information content (AvgIpc) is 2.57. The van der Waals surface area contributed by atoms with Gasteiger partial charge in [0, 0.05) is 18.9 Å². The molecule has 17 heavy (non-hydrogen) atoms. The Morgan fingerprint density at radius 1 is 1.35 bits per heavy atom. The van der Waals surface area contributed by atoms with Crippen LogP contribution >= 0.6 is 0 Å². The highest BCUT2D eigenvalue weighted by molar-refractivity contribution is 5.76. The molecule has 0 aromatic carbocycles. The predicted molar refractivity (Wildman–Crippen MR) is 60.0 cm³/mol. The van der Waals surface area contributed by atoms with Crippen LogP contribution in [0.2, 0.25) is 0 Å². The second-order valence-corrected chi connectivity index (χ2v) is 4.94. The lowest BCUT2D eigenvalue weighted by molar-refractivity contribution is -0.144. The molecule has 2 heterocycles. The van der Waals surface area contributed by atoms with Gasteiger partial charge in [-0.2, -0.15) is 0 Å². The molecule has 96 valence electrons. The Hall–Kier alpha value is -1.10. The fraction of sp³-hybridized carbons (Fsp3) is 0.833. The number of esters is 1. The van der Waals surface area contributed by atoms with Crippen LogP contribution in [0.4, 0.5) is 0 Å². The van der Waals surface area contributed by atoms with Crippen molar-refractivity contribution in [3.63, 3.8) is 0 Å². The number of rotatable bonds is 0. The molecule has 0 aromatic heterocycles. The SMILES string of the molecule is C[C@@H]1C(=O)O[C@@H]2CCCNC(=O)CC[C@H](O)[C@@H]12. The van der Waals surface area contributed by atoms with Gasteiger partial charge in [-0.3, -0.25) is 9.59 Å². The minimum Gasteiger partial charge on any atom is -0.462 e. The van der Waals surface area contributed by atoms with Gasteiger partial charge in [-0.15, -0.1) is 0 Å². The van der Waals surface area contributed by atoms with E-state index < -0.39 is 6.10 Å². The van der Waals surface area contributed by atoms with Crippen molar-refractivity contribution < 1.29 is 19.4 Å². The maximum Gasteiger partial charge on any atom is 0.309 e. The van der Waals surface area contributed by atoms with E-state index in [0.29, 0.717) is 25.8 Å². The smallest absolute Gasteiger partial charge is 0.309 e. The summed E-state index contributed by atoms with van der Waals surface area (Å²) < 4.78 is 5.30. The van der Waals surface area contributed by atoms with Crippen LogP contribution in [0.1, 0.15) is 32.6 Å². The minimum absolute atomic E-state index is 0.0274. The van der Waals surface area contributed by atoms with Crippen LogP contribution in [-0.4, -0.2) is 35.7 Å². The monoisotopic (exact) mass is 241 g/mol. The molecule has 0 bridgehead atoms. The predicted octanol–water partition coefficient (Wildman–Crippen LogP) is 0.215. The molecule has 4 atom stereocenters. The van der Waals surface area contributed by atoms with Crippen LogP contribution in [0.25, 0.3) is 0 Å². The van der Waals surface area contributed by atoms with Crippen molar-refractivity contribution in [1.29, 1.82) is 0 Å². The van der Waals surface area contributed by atoms with E-state index in [9.17, 15) is 14.7 Å². The summed E-state index contributed by atoms with van der Waals surface area (Å²) in [6.07, 6.45) is 1.37. The van der Waals surface area contributed by atoms with Crippen LogP contribution in [0.5, 0.6) is 0 Å². The Bertz CT molecular complexity index is 318. The molecule has 0 radical (unpaired) electrons. The molecule has 0 saturated carbocycles. The molecule has 0 aromatic rings. The lowest BCUT2D eigenvalue weighted by atomic mass is 9.83. The van der Waals surface area contributed by atoms with Crippen LogP contribution in [0, 0.1) is 11.8 Å². The summed E-state index contributed by atoms with van der Waals surface area (Å²) in [7, 11) is 0. The van der Waals surface area contributed by atoms with E-state index in [-0.39, 0.29) is 29.8 Å². The Balaban J connectivity index is 2.09. The van der Waals surface area contributed by atoms with Crippen LogP contribution < -0.4 is 5.32 Å². The van der Waals surface area contributed by atoms with Gasteiger partial charge in [0.2, 0.25) is 5.91 Å². The fourth-order valence-corrected chi connectivity index (χ4v) is 2.74. The number of aliphatic hydroxyl groups is 1. The minimum atomic E-state index is -0.634. The quantitative estimate of drug-likeness (QED) is 0.595. The summed E-state index contributed by atoms with van der Waals surface area (Å²) in [5, 5.41) is 12.9. The molecule has 2 N–H and O–H groups in total. The molecular formula is C12H19NO4. The Morgan fingerprint density at radius 2 is 2.12 bits per heavy atom. The van der Waals surface area contributed by atoms with Gasteiger partial charge in [-0.1, -0.05) is 6.92 Å². The molecule has 5 nitrogen and oxygen atoms in total. The molecular weight excluding hydrogens is 222 g/mol. The van der Waals surface area contributed by atoms with Crippen molar-refractivity contribution in [2.45, 2.75) is 44.8 Å². The van der Waals surface area contributed by atoms with Gasteiger partial charge in [-0.25, -0.2) is 0 Å². The van der Waals surface area contributed by atoms with E-state index >= 15 is 0 Å². The van der Waals surface area contributed by atoms with Crippen molar-refractivity contribution in [1.82, 2.24) is 5.32 Å². The third-order valence-electron chi connectivity index (χ3n) is 3.75. The lowest BCUT2D eigenvalue weighted by Crippen LogP contribution is -2.36. The van der Waals surface area contributed by atoms with Crippen LogP contribution in [0.15, 0.2) is 0 Å². The highest BCUT2D eigenvalue weighted by Gasteiger charge is 2.45. The van der Waals surface area contributed by atoms with Crippen molar-refractivity contribution in [2.75, 3.05) is 6.54 Å². The number of ether oxygens (including phenoxy) is 1. The fourth-order valence-electron chi connectivity index (χ4n) is 2.74. The van der Waals surface area contributed by atoms with Gasteiger partial charge in [0.1, 0.15) is 6.10 Å². The Morgan fingerprint density at radius 3 is 2.88 bits per heavy atom. The van der Waals surface area contributed by atoms with Gasteiger partial charge < -0.3 is 15.2 Å². The number of nitrogens with one attached hydrogen (secondary N) is 1. The highest BCUT2D eigenvalue weighted by Crippen LogP contribution is 2.35. The van der Waals surface area contributed by atoms with Crippen molar-refractivity contribution >= 4 is 11.9 Å². The third-order valence-corrected chi connectivity index (χ3v) is 3.75. The highest BCUT2D eigenvalue weighted by atomic mass is 16.6. The van der Waals surface area contributed by atoms with E-state index in [1.165, 1.54) is 0 Å². The summed E-state index contributed by atoms with van der Waals surface area (Å²) >= 11 is 0. The largest absolute Gasteiger partial charge is 0.462 e. The number of hydrogen-bond donors (Lipinski definition) is 2. The first-order valence-electron chi connectivity index (χ1n) is 6.25. The molecule has 2 aliphatic heterocycles. The summed E-state index contributed by atoms with van der Waals surface area (Å²) in [6, 6.07) is 0. The summed E-state index contributed by atoms with van der Waals surface area (Å²) in [6.45, 7) is 2.41. The summed E-state index contributed by atoms with van der Waals surface area (Å²) in [4.78, 5) is 22.9. The summed E-state index contributed by atoms with van der Waals surface area (Å²) in [5.74, 6) is -0.677. The zero-order valence-electron chi connectivity index (χ0n) is 10.0. The zero-order chi connectivity index (χ0) is 12.4. The van der Waals surface area contributed by atoms with Crippen molar-refractivity contribution in [2.24, 2.45) is 11.8 Å². The van der Waals surface area contributed by atoms with Gasteiger partial charge in [-0.05, 0) is 19.3 Å². The second-order valence-electron chi connectivity index (χ2n) is 4.94. The average molecular weight is 241 g/mol. The van der Waals surface area contributed by atoms with Gasteiger partial charge in [0.05, 0.1) is 12.0 Å². The first kappa shape index (κ1) is 12.4. The van der Waals surface area contributed by atoms with E-state index in [1.54, 1.807) is 6.92 Å². The standard InChI is InChI=1S/C12H19NO4/c1-7-11-8(14)4-5-10(15)13-6-2-3-9(11)17-12(7)16/h7-9,11,14H,2-6H2,1H3,(H,13,15)/t7-,8-,9+,11+/m0/s1. The number of carbonyl (C=O) groups excluding carboxylic acids is 2. The van der Waals surface area contributed by atoms with Crippen LogP contribution in [-0.2, 0) is 14.3 Å². The summed E-state index contributed by atoms with van der Waals surface area (Å²) in [5.41, 5.74) is 0. The lowest BCUT2D eigenvalue weighted by Gasteiger charge is -2.25. The number of aliphatic hydroxyl groups excluding tert-OH is 1. The molecule has 2 saturated heterocycles. The number of fused-ring (bicyclic) bond motifs is 1. The maximum atomic E-state index is 11.5. The van der Waals surface area contributed by atoms with Crippen LogP contribution in [0.3, 0.4) is 0 Å². The first-order valence-corrected chi connectivity index (χ1v) is 6.25. The molecule has 0 aliphatic carbocycles. The van der Waals surface area contributed by atoms with Gasteiger partial charge >= 0.3 is 5.97 Å². The second kappa shape index (κ2) is 5.04. The Kier molecular flexibility index (Phi) is 3.66. The van der Waals surface area contributed by atoms with E-state index in [0.717, 1.165) is 6.42 Å². The molecule has 2 aliphatic rings. The molecule has 5 heteroatoms. The zero-order valence-corrected chi connectivity index (χ0v) is 10.0. The third kappa shape index (κ3) is 2.60. The van der Waals surface area contributed by atoms with Crippen molar-refractivity contribution in [3.8, 4) is 0 Å². The van der Waals surface area contributed by atoms with Crippen molar-refractivity contribution in [3.05, 3.63) is 0 Å². The topological polar surface area (TPSA) is 75.6 Å². The van der Waals surface area contributed by atoms with Gasteiger partial charge in [0.15, 0.2) is 0 Å². The first-order chi connectivity index (χ1) is 8.09. The Labute approximate surface area is 101 Å². The molecule has 0 spiro atoms. The van der Waals surface area contributed by atoms with E-state index in [1.807, 2.05) is 0 Å². The molecule has 0 unspecified atom stereocenters. The normalized spacial score (nSPS) is 39.2. The van der Waals surface area contributed by atoms with E-state index in [4.69, 9.17) is 4.74 Å².